The number of hydrogen-bond acceptors (Lipinski definition) is 8. The number of carboxylic acids is 1. The van der Waals surface area contributed by atoms with Gasteiger partial charge >= 0.3 is 12.1 Å². The van der Waals surface area contributed by atoms with E-state index in [1.807, 2.05) is 12.1 Å². The standard InChI is InChI=1S/C23H24ClN5O5/c1-29-16-9-17(33-2)15(8-11(16)5-6-34-23(29)32)26-22-25-10-14(24)20(28-22)27-19-13-4-3-12(7-13)18(19)21(30)31/h3-4,8-10,12-13,18-19H,5-7H2,1-2H3,(H,30,31)(H2,25,26,27,28)/t12-,13+,18+,19-/m0/s1. The van der Waals surface area contributed by atoms with E-state index >= 15 is 0 Å². The van der Waals surface area contributed by atoms with Gasteiger partial charge in [0.25, 0.3) is 0 Å². The lowest BCUT2D eigenvalue weighted by molar-refractivity contribution is -0.142. The summed E-state index contributed by atoms with van der Waals surface area (Å²) in [6.45, 7) is 0.274. The number of fused-ring (bicyclic) bond motifs is 3. The fourth-order valence-corrected chi connectivity index (χ4v) is 5.14. The molecule has 2 heterocycles. The van der Waals surface area contributed by atoms with Crippen LogP contribution in [0.25, 0.3) is 0 Å². The molecule has 1 aromatic heterocycles. The Morgan fingerprint density at radius 1 is 1.32 bits per heavy atom. The number of carbonyl (C=O) groups excluding carboxylic acids is 1. The van der Waals surface area contributed by atoms with Crippen LogP contribution < -0.4 is 20.3 Å². The first-order chi connectivity index (χ1) is 16.4. The number of halogens is 1. The summed E-state index contributed by atoms with van der Waals surface area (Å²) in [4.78, 5) is 34.1. The smallest absolute Gasteiger partial charge is 0.414 e. The van der Waals surface area contributed by atoms with Crippen molar-refractivity contribution in [3.05, 3.63) is 41.1 Å². The molecule has 2 aromatic rings. The third-order valence-corrected chi connectivity index (χ3v) is 6.95. The van der Waals surface area contributed by atoms with E-state index in [0.29, 0.717) is 34.4 Å². The molecule has 0 radical (unpaired) electrons. The second-order valence-corrected chi connectivity index (χ2v) is 9.01. The first-order valence-corrected chi connectivity index (χ1v) is 11.3. The van der Waals surface area contributed by atoms with E-state index in [2.05, 4.69) is 26.7 Å². The molecular weight excluding hydrogens is 462 g/mol. The van der Waals surface area contributed by atoms with Crippen LogP contribution in [0.3, 0.4) is 0 Å². The molecule has 178 valence electrons. The summed E-state index contributed by atoms with van der Waals surface area (Å²) in [6, 6.07) is 3.33. The summed E-state index contributed by atoms with van der Waals surface area (Å²) < 4.78 is 10.7. The fourth-order valence-electron chi connectivity index (χ4n) is 5.00. The van der Waals surface area contributed by atoms with Gasteiger partial charge in [-0.3, -0.25) is 9.69 Å². The van der Waals surface area contributed by atoms with E-state index < -0.39 is 18.0 Å². The van der Waals surface area contributed by atoms with Crippen LogP contribution in [0, 0.1) is 17.8 Å². The van der Waals surface area contributed by atoms with Crippen LogP contribution in [0.4, 0.5) is 27.9 Å². The van der Waals surface area contributed by atoms with Gasteiger partial charge in [0.05, 0.1) is 37.2 Å². The first-order valence-electron chi connectivity index (χ1n) is 10.9. The number of aromatic nitrogens is 2. The Morgan fingerprint density at radius 2 is 2.12 bits per heavy atom. The number of anilines is 4. The molecule has 3 N–H and O–H groups in total. The number of ether oxygens (including phenoxy) is 2. The van der Waals surface area contributed by atoms with Crippen molar-refractivity contribution in [3.8, 4) is 5.75 Å². The maximum atomic E-state index is 12.0. The number of nitrogens with zero attached hydrogens (tertiary/aromatic N) is 3. The molecule has 2 aliphatic carbocycles. The Bertz CT molecular complexity index is 1190. The van der Waals surface area contributed by atoms with Crippen molar-refractivity contribution >= 4 is 46.8 Å². The van der Waals surface area contributed by atoms with Gasteiger partial charge in [-0.2, -0.15) is 4.98 Å². The maximum Gasteiger partial charge on any atom is 0.414 e. The van der Waals surface area contributed by atoms with E-state index in [1.54, 1.807) is 13.1 Å². The number of nitrogens with one attached hydrogen (secondary N) is 2. The molecule has 1 fully saturated rings. The first kappa shape index (κ1) is 22.3. The van der Waals surface area contributed by atoms with Gasteiger partial charge in [-0.15, -0.1) is 0 Å². The highest BCUT2D eigenvalue weighted by atomic mass is 35.5. The molecule has 2 bridgehead atoms. The van der Waals surface area contributed by atoms with Crippen molar-refractivity contribution in [1.82, 2.24) is 9.97 Å². The summed E-state index contributed by atoms with van der Waals surface area (Å²) in [7, 11) is 3.18. The molecule has 0 spiro atoms. The van der Waals surface area contributed by atoms with Gasteiger partial charge in [0.15, 0.2) is 5.82 Å². The van der Waals surface area contributed by atoms with E-state index in [1.165, 1.54) is 18.2 Å². The zero-order chi connectivity index (χ0) is 24.0. The zero-order valence-corrected chi connectivity index (χ0v) is 19.4. The summed E-state index contributed by atoms with van der Waals surface area (Å²) in [5.41, 5.74) is 2.22. The number of carboxylic acid groups (broad SMARTS) is 1. The zero-order valence-electron chi connectivity index (χ0n) is 18.6. The van der Waals surface area contributed by atoms with Gasteiger partial charge < -0.3 is 25.2 Å². The van der Waals surface area contributed by atoms with Crippen LogP contribution in [0.1, 0.15) is 12.0 Å². The van der Waals surface area contributed by atoms with Crippen LogP contribution in [-0.2, 0) is 16.0 Å². The number of allylic oxidation sites excluding steroid dienone is 1. The number of amides is 1. The van der Waals surface area contributed by atoms with Crippen molar-refractivity contribution < 1.29 is 24.2 Å². The molecule has 1 amide bonds. The van der Waals surface area contributed by atoms with Gasteiger partial charge in [0.1, 0.15) is 10.8 Å². The molecule has 0 saturated heterocycles. The van der Waals surface area contributed by atoms with Crippen LogP contribution in [0.5, 0.6) is 5.75 Å². The molecule has 3 aliphatic rings. The third-order valence-electron chi connectivity index (χ3n) is 6.67. The molecule has 1 aliphatic heterocycles. The van der Waals surface area contributed by atoms with Crippen molar-refractivity contribution in [2.75, 3.05) is 36.3 Å². The second-order valence-electron chi connectivity index (χ2n) is 8.60. The summed E-state index contributed by atoms with van der Waals surface area (Å²) >= 11 is 6.35. The second kappa shape index (κ2) is 8.68. The number of cyclic esters (lactones) is 1. The molecule has 1 saturated carbocycles. The normalized spacial score (nSPS) is 24.9. The lowest BCUT2D eigenvalue weighted by atomic mass is 9.89. The topological polar surface area (TPSA) is 126 Å². The van der Waals surface area contributed by atoms with Crippen LogP contribution in [0.2, 0.25) is 5.02 Å². The summed E-state index contributed by atoms with van der Waals surface area (Å²) in [6.07, 6.45) is 6.43. The minimum atomic E-state index is -0.833. The summed E-state index contributed by atoms with van der Waals surface area (Å²) in [5.74, 6) is -0.119. The van der Waals surface area contributed by atoms with Crippen molar-refractivity contribution in [2.24, 2.45) is 17.8 Å². The van der Waals surface area contributed by atoms with Crippen molar-refractivity contribution in [2.45, 2.75) is 18.9 Å². The number of methoxy groups -OCH3 is 1. The average Bonchev–Trinajstić information content (AvgIpc) is 3.39. The van der Waals surface area contributed by atoms with Gasteiger partial charge in [-0.05, 0) is 29.9 Å². The highest BCUT2D eigenvalue weighted by Gasteiger charge is 2.48. The van der Waals surface area contributed by atoms with Gasteiger partial charge in [0, 0.05) is 25.6 Å². The van der Waals surface area contributed by atoms with Crippen LogP contribution >= 0.6 is 11.6 Å². The molecule has 4 atom stereocenters. The number of carbonyl (C=O) groups is 2. The number of aliphatic carboxylic acids is 1. The SMILES string of the molecule is COc1cc2c(cc1Nc1ncc(Cl)c(N[C@@H]3[C@H](C(=O)O)[C@H]4C=C[C@@H]3C4)n1)CCOC(=O)N2C. The van der Waals surface area contributed by atoms with E-state index in [4.69, 9.17) is 21.1 Å². The van der Waals surface area contributed by atoms with Gasteiger partial charge in [0.2, 0.25) is 5.95 Å². The fraction of sp³-hybridized carbons (Fsp3) is 0.391. The maximum absolute atomic E-state index is 12.0. The third kappa shape index (κ3) is 3.87. The molecular formula is C23H24ClN5O5. The highest BCUT2D eigenvalue weighted by Crippen LogP contribution is 2.45. The molecule has 5 rings (SSSR count). The molecule has 1 aromatic carbocycles. The number of hydrogen-bond donors (Lipinski definition) is 3. The lowest BCUT2D eigenvalue weighted by Crippen LogP contribution is -2.38. The Hall–Kier alpha value is -3.53. The number of rotatable bonds is 6. The monoisotopic (exact) mass is 485 g/mol. The average molecular weight is 486 g/mol. The quantitative estimate of drug-likeness (QED) is 0.525. The molecule has 34 heavy (non-hydrogen) atoms. The van der Waals surface area contributed by atoms with Crippen molar-refractivity contribution in [3.63, 3.8) is 0 Å². The van der Waals surface area contributed by atoms with Crippen LogP contribution in [0.15, 0.2) is 30.5 Å². The molecule has 10 nitrogen and oxygen atoms in total. The summed E-state index contributed by atoms with van der Waals surface area (Å²) in [5, 5.41) is 16.4. The highest BCUT2D eigenvalue weighted by molar-refractivity contribution is 6.32. The lowest BCUT2D eigenvalue weighted by Gasteiger charge is -2.26. The van der Waals surface area contributed by atoms with Crippen LogP contribution in [-0.4, -0.2) is 53.9 Å². The molecule has 11 heteroatoms. The Labute approximate surface area is 200 Å². The predicted molar refractivity (Wildman–Crippen MR) is 126 cm³/mol. The van der Waals surface area contributed by atoms with E-state index in [9.17, 15) is 14.7 Å². The van der Waals surface area contributed by atoms with E-state index in [-0.39, 0.29) is 30.4 Å². The Balaban J connectivity index is 1.42. The predicted octanol–water partition coefficient (Wildman–Crippen LogP) is 3.70. The molecule has 0 unspecified atom stereocenters. The largest absolute Gasteiger partial charge is 0.494 e. The van der Waals surface area contributed by atoms with Crippen molar-refractivity contribution in [1.29, 1.82) is 0 Å². The minimum Gasteiger partial charge on any atom is -0.494 e. The van der Waals surface area contributed by atoms with E-state index in [0.717, 1.165) is 12.0 Å². The number of benzene rings is 1. The Kier molecular flexibility index (Phi) is 5.68. The van der Waals surface area contributed by atoms with Gasteiger partial charge in [-0.25, -0.2) is 9.78 Å². The minimum absolute atomic E-state index is 0.0102. The van der Waals surface area contributed by atoms with Gasteiger partial charge in [-0.1, -0.05) is 23.8 Å². The Morgan fingerprint density at radius 3 is 2.88 bits per heavy atom.